The van der Waals surface area contributed by atoms with E-state index in [9.17, 15) is 4.79 Å². The summed E-state index contributed by atoms with van der Waals surface area (Å²) in [6.07, 6.45) is 2.86. The van der Waals surface area contributed by atoms with Crippen molar-refractivity contribution in [1.82, 2.24) is 5.32 Å². The van der Waals surface area contributed by atoms with Crippen LogP contribution in [0.2, 0.25) is 0 Å². The number of rotatable bonds is 1. The zero-order valence-corrected chi connectivity index (χ0v) is 6.99. The first-order valence-corrected chi connectivity index (χ1v) is 3.71. The van der Waals surface area contributed by atoms with Crippen LogP contribution in [-0.4, -0.2) is 23.2 Å². The third-order valence-corrected chi connectivity index (χ3v) is 2.70. The van der Waals surface area contributed by atoms with Gasteiger partial charge in [0.05, 0.1) is 0 Å². The van der Waals surface area contributed by atoms with Crippen molar-refractivity contribution in [3.8, 4) is 0 Å². The molecule has 3 fully saturated rings. The minimum Gasteiger partial charge on any atom is -0.480 e. The van der Waals surface area contributed by atoms with Gasteiger partial charge in [-0.1, -0.05) is 0 Å². The van der Waals surface area contributed by atoms with Crippen LogP contribution in [0.1, 0.15) is 19.3 Å². The standard InChI is InChI=1S/C7H11NO2.ClH/c9-6(10)7-3-5(4-7)1-2-8-7;/h5,8H,1-4H2,(H,9,10);1H. The molecule has 3 rings (SSSR count). The van der Waals surface area contributed by atoms with E-state index in [2.05, 4.69) is 5.32 Å². The van der Waals surface area contributed by atoms with Gasteiger partial charge in [0.2, 0.25) is 0 Å². The Hall–Kier alpha value is -0.280. The van der Waals surface area contributed by atoms with Gasteiger partial charge in [-0.25, -0.2) is 0 Å². The molecule has 1 aliphatic carbocycles. The molecule has 3 nitrogen and oxygen atoms in total. The fourth-order valence-electron chi connectivity index (χ4n) is 2.04. The smallest absolute Gasteiger partial charge is 0.323 e. The molecule has 2 saturated heterocycles. The van der Waals surface area contributed by atoms with E-state index in [1.807, 2.05) is 0 Å². The summed E-state index contributed by atoms with van der Waals surface area (Å²) >= 11 is 0. The van der Waals surface area contributed by atoms with Crippen molar-refractivity contribution in [1.29, 1.82) is 0 Å². The van der Waals surface area contributed by atoms with Gasteiger partial charge >= 0.3 is 5.97 Å². The highest BCUT2D eigenvalue weighted by atomic mass is 35.5. The number of aliphatic carboxylic acids is 1. The van der Waals surface area contributed by atoms with Crippen molar-refractivity contribution < 1.29 is 9.90 Å². The molecule has 11 heavy (non-hydrogen) atoms. The maximum atomic E-state index is 10.7. The fourth-order valence-corrected chi connectivity index (χ4v) is 2.04. The number of carbonyl (C=O) groups is 1. The highest BCUT2D eigenvalue weighted by molar-refractivity contribution is 5.85. The summed E-state index contributed by atoms with van der Waals surface area (Å²) in [5, 5.41) is 11.8. The van der Waals surface area contributed by atoms with Crippen molar-refractivity contribution in [2.45, 2.75) is 24.8 Å². The summed E-state index contributed by atoms with van der Waals surface area (Å²) in [6.45, 7) is 0.886. The third kappa shape index (κ3) is 1.12. The summed E-state index contributed by atoms with van der Waals surface area (Å²) in [7, 11) is 0. The number of nitrogens with one attached hydrogen (secondary N) is 1. The summed E-state index contributed by atoms with van der Waals surface area (Å²) in [4.78, 5) is 10.7. The summed E-state index contributed by atoms with van der Waals surface area (Å²) in [6, 6.07) is 0. The van der Waals surface area contributed by atoms with Crippen LogP contribution in [-0.2, 0) is 4.79 Å². The van der Waals surface area contributed by atoms with Gasteiger partial charge in [-0.05, 0) is 31.7 Å². The minimum absolute atomic E-state index is 0. The van der Waals surface area contributed by atoms with Crippen LogP contribution in [0.15, 0.2) is 0 Å². The minimum atomic E-state index is -0.663. The van der Waals surface area contributed by atoms with E-state index in [0.29, 0.717) is 5.92 Å². The van der Waals surface area contributed by atoms with Crippen LogP contribution >= 0.6 is 12.4 Å². The largest absolute Gasteiger partial charge is 0.480 e. The van der Waals surface area contributed by atoms with Crippen LogP contribution in [0, 0.1) is 5.92 Å². The number of halogens is 1. The number of piperidine rings is 2. The van der Waals surface area contributed by atoms with Gasteiger partial charge in [-0.15, -0.1) is 12.4 Å². The molecule has 0 atom stereocenters. The predicted octanol–water partition coefficient (Wildman–Crippen LogP) is 0.635. The van der Waals surface area contributed by atoms with Crippen LogP contribution in [0.3, 0.4) is 0 Å². The highest BCUT2D eigenvalue weighted by Crippen LogP contribution is 2.43. The maximum absolute atomic E-state index is 10.7. The molecule has 2 bridgehead atoms. The third-order valence-electron chi connectivity index (χ3n) is 2.70. The Labute approximate surface area is 71.6 Å². The molecule has 0 aromatic rings. The van der Waals surface area contributed by atoms with Crippen LogP contribution in [0.4, 0.5) is 0 Å². The first-order chi connectivity index (χ1) is 4.73. The molecule has 2 aliphatic heterocycles. The molecule has 4 heteroatoms. The monoisotopic (exact) mass is 177 g/mol. The maximum Gasteiger partial charge on any atom is 0.323 e. The van der Waals surface area contributed by atoms with E-state index in [-0.39, 0.29) is 12.4 Å². The summed E-state index contributed by atoms with van der Waals surface area (Å²) in [5.41, 5.74) is -0.511. The van der Waals surface area contributed by atoms with Crippen molar-refractivity contribution >= 4 is 18.4 Å². The van der Waals surface area contributed by atoms with Crippen LogP contribution in [0.25, 0.3) is 0 Å². The van der Waals surface area contributed by atoms with E-state index < -0.39 is 11.5 Å². The van der Waals surface area contributed by atoms with E-state index in [4.69, 9.17) is 5.11 Å². The van der Waals surface area contributed by atoms with Crippen molar-refractivity contribution in [3.63, 3.8) is 0 Å². The van der Waals surface area contributed by atoms with Crippen molar-refractivity contribution in [3.05, 3.63) is 0 Å². The molecule has 2 heterocycles. The molecule has 0 spiro atoms. The molecular weight excluding hydrogens is 166 g/mol. The second kappa shape index (κ2) is 2.64. The molecule has 0 amide bonds. The number of hydrogen-bond acceptors (Lipinski definition) is 2. The van der Waals surface area contributed by atoms with E-state index >= 15 is 0 Å². The van der Waals surface area contributed by atoms with Gasteiger partial charge in [-0.2, -0.15) is 0 Å². The Kier molecular flexibility index (Phi) is 2.12. The molecule has 0 aromatic heterocycles. The van der Waals surface area contributed by atoms with Gasteiger partial charge in [0.25, 0.3) is 0 Å². The Balaban J connectivity index is 0.000000605. The Bertz CT molecular complexity index is 172. The van der Waals surface area contributed by atoms with Gasteiger partial charge in [0.15, 0.2) is 0 Å². The Morgan fingerprint density at radius 2 is 2.18 bits per heavy atom. The van der Waals surface area contributed by atoms with Crippen LogP contribution in [0.5, 0.6) is 0 Å². The second-order valence-corrected chi connectivity index (χ2v) is 3.38. The van der Waals surface area contributed by atoms with Crippen molar-refractivity contribution in [2.24, 2.45) is 5.92 Å². The van der Waals surface area contributed by atoms with Gasteiger partial charge < -0.3 is 10.4 Å². The SMILES string of the molecule is Cl.O=C(O)C12CC(CCN1)C2. The average Bonchev–Trinajstić information content (AvgIpc) is 1.87. The lowest BCUT2D eigenvalue weighted by molar-refractivity contribution is -0.154. The number of carboxylic acid groups (broad SMARTS) is 1. The van der Waals surface area contributed by atoms with Crippen LogP contribution < -0.4 is 5.32 Å². The molecule has 1 saturated carbocycles. The summed E-state index contributed by atoms with van der Waals surface area (Å²) in [5.74, 6) is 0.0285. The van der Waals surface area contributed by atoms with Gasteiger partial charge in [0, 0.05) is 0 Å². The van der Waals surface area contributed by atoms with Gasteiger partial charge in [-0.3, -0.25) is 4.79 Å². The lowest BCUT2D eigenvalue weighted by atomic mass is 9.64. The molecular formula is C7H12ClNO2. The topological polar surface area (TPSA) is 49.3 Å². The number of fused-ring (bicyclic) bond motifs is 2. The average molecular weight is 178 g/mol. The van der Waals surface area contributed by atoms with E-state index in [1.54, 1.807) is 0 Å². The summed E-state index contributed by atoms with van der Waals surface area (Å²) < 4.78 is 0. The Morgan fingerprint density at radius 3 is 2.45 bits per heavy atom. The molecule has 0 radical (unpaired) electrons. The lowest BCUT2D eigenvalue weighted by Gasteiger charge is -2.49. The predicted molar refractivity (Wildman–Crippen MR) is 43.0 cm³/mol. The first-order valence-electron chi connectivity index (χ1n) is 3.71. The highest BCUT2D eigenvalue weighted by Gasteiger charge is 2.52. The lowest BCUT2D eigenvalue weighted by Crippen LogP contribution is -2.65. The molecule has 0 unspecified atom stereocenters. The molecule has 64 valence electrons. The normalized spacial score (nSPS) is 40.2. The van der Waals surface area contributed by atoms with Gasteiger partial charge in [0.1, 0.15) is 5.54 Å². The second-order valence-electron chi connectivity index (χ2n) is 3.38. The van der Waals surface area contributed by atoms with E-state index in [1.165, 1.54) is 0 Å². The number of hydrogen-bond donors (Lipinski definition) is 2. The van der Waals surface area contributed by atoms with E-state index in [0.717, 1.165) is 25.8 Å². The zero-order valence-electron chi connectivity index (χ0n) is 6.17. The molecule has 3 aliphatic rings. The molecule has 2 N–H and O–H groups in total. The van der Waals surface area contributed by atoms with Crippen molar-refractivity contribution in [2.75, 3.05) is 6.54 Å². The number of carboxylic acids is 1. The molecule has 0 aromatic carbocycles. The first kappa shape index (κ1) is 8.81. The Morgan fingerprint density at radius 1 is 1.55 bits per heavy atom. The fraction of sp³-hybridized carbons (Fsp3) is 0.857. The quantitative estimate of drug-likeness (QED) is 0.618. The zero-order chi connectivity index (χ0) is 7.19.